The number of unbranched alkanes of at least 4 members (excludes halogenated alkanes) is 1. The Hall–Kier alpha value is -3.22. The molecule has 0 unspecified atom stereocenters. The van der Waals surface area contributed by atoms with Gasteiger partial charge < -0.3 is 10.3 Å². The molecule has 134 valence electrons. The highest BCUT2D eigenvalue weighted by Crippen LogP contribution is 2.04. The molecule has 0 amide bonds. The maximum Gasteiger partial charge on any atom is 0.255 e. The van der Waals surface area contributed by atoms with Gasteiger partial charge in [-0.1, -0.05) is 12.1 Å². The van der Waals surface area contributed by atoms with Crippen LogP contribution in [0.2, 0.25) is 0 Å². The zero-order chi connectivity index (χ0) is 18.2. The summed E-state index contributed by atoms with van der Waals surface area (Å²) in [4.78, 5) is 37.1. The molecule has 7 heteroatoms. The Morgan fingerprint density at radius 1 is 1.04 bits per heavy atom. The summed E-state index contributed by atoms with van der Waals surface area (Å²) < 4.78 is 0. The molecular weight excluding hydrogens is 330 g/mol. The van der Waals surface area contributed by atoms with Gasteiger partial charge in [0.2, 0.25) is 11.5 Å². The lowest BCUT2D eigenvalue weighted by molar-refractivity contribution is 0.745. The Labute approximate surface area is 150 Å². The number of hydrogen-bond donors (Lipinski definition) is 3. The summed E-state index contributed by atoms with van der Waals surface area (Å²) in [6, 6.07) is 9.06. The monoisotopic (exact) mass is 351 g/mol. The second-order valence-electron chi connectivity index (χ2n) is 6.03. The number of pyridine rings is 2. The number of aryl methyl sites for hydroxylation is 1. The van der Waals surface area contributed by atoms with Crippen molar-refractivity contribution in [2.24, 2.45) is 0 Å². The average Bonchev–Trinajstić information content (AvgIpc) is 2.66. The number of nitrogens with zero attached hydrogens (tertiary/aromatic N) is 2. The van der Waals surface area contributed by atoms with Gasteiger partial charge in [-0.05, 0) is 37.0 Å². The normalized spacial score (nSPS) is 10.6. The van der Waals surface area contributed by atoms with Crippen molar-refractivity contribution in [3.63, 3.8) is 0 Å². The fraction of sp³-hybridized carbons (Fsp3) is 0.263. The third-order valence-electron chi connectivity index (χ3n) is 3.99. The van der Waals surface area contributed by atoms with Crippen molar-refractivity contribution >= 4 is 5.95 Å². The third kappa shape index (κ3) is 5.14. The molecule has 0 aliphatic heterocycles. The quantitative estimate of drug-likeness (QED) is 0.538. The highest BCUT2D eigenvalue weighted by atomic mass is 16.1. The number of hydrogen-bond acceptors (Lipinski definition) is 5. The Morgan fingerprint density at radius 2 is 1.96 bits per heavy atom. The van der Waals surface area contributed by atoms with Gasteiger partial charge in [0.05, 0.1) is 0 Å². The summed E-state index contributed by atoms with van der Waals surface area (Å²) in [6.07, 6.45) is 8.30. The summed E-state index contributed by atoms with van der Waals surface area (Å²) in [6.45, 7) is 0.731. The second-order valence-corrected chi connectivity index (χ2v) is 6.03. The van der Waals surface area contributed by atoms with E-state index in [1.807, 2.05) is 18.2 Å². The highest BCUT2D eigenvalue weighted by molar-refractivity contribution is 5.27. The minimum absolute atomic E-state index is 0.164. The molecule has 0 aliphatic rings. The second kappa shape index (κ2) is 8.75. The van der Waals surface area contributed by atoms with Crippen molar-refractivity contribution in [2.45, 2.75) is 25.7 Å². The lowest BCUT2D eigenvalue weighted by Gasteiger charge is -2.06. The smallest absolute Gasteiger partial charge is 0.255 e. The minimum atomic E-state index is -0.179. The SMILES string of the molecule is O=c1ccc(Cc2cnc(NCCCCc3ccccn3)[nH]c2=O)c[nH]1. The Kier molecular flexibility index (Phi) is 5.92. The maximum atomic E-state index is 12.2. The maximum absolute atomic E-state index is 12.2. The van der Waals surface area contributed by atoms with Crippen LogP contribution in [0.1, 0.15) is 29.7 Å². The minimum Gasteiger partial charge on any atom is -0.356 e. The highest BCUT2D eigenvalue weighted by Gasteiger charge is 2.04. The molecule has 7 nitrogen and oxygen atoms in total. The van der Waals surface area contributed by atoms with E-state index >= 15 is 0 Å². The van der Waals surface area contributed by atoms with Crippen LogP contribution in [0.4, 0.5) is 5.95 Å². The molecular formula is C19H21N5O2. The molecule has 3 N–H and O–H groups in total. The van der Waals surface area contributed by atoms with E-state index in [1.165, 1.54) is 6.07 Å². The van der Waals surface area contributed by atoms with Crippen LogP contribution in [-0.2, 0) is 12.8 Å². The Morgan fingerprint density at radius 3 is 2.69 bits per heavy atom. The van der Waals surface area contributed by atoms with Crippen LogP contribution in [0, 0.1) is 0 Å². The fourth-order valence-electron chi connectivity index (χ4n) is 2.59. The molecule has 3 rings (SSSR count). The van der Waals surface area contributed by atoms with Crippen LogP contribution < -0.4 is 16.4 Å². The zero-order valence-corrected chi connectivity index (χ0v) is 14.4. The van der Waals surface area contributed by atoms with Crippen molar-refractivity contribution in [3.8, 4) is 0 Å². The molecule has 0 saturated heterocycles. The standard InChI is InChI=1S/C19H21N5O2/c25-17-8-7-14(12-22-17)11-15-13-23-19(24-18(15)26)21-10-4-2-6-16-5-1-3-9-20-16/h1,3,5,7-9,12-13H,2,4,6,10-11H2,(H,22,25)(H2,21,23,24,26). The van der Waals surface area contributed by atoms with E-state index < -0.39 is 0 Å². The van der Waals surface area contributed by atoms with E-state index in [0.717, 1.165) is 37.1 Å². The number of anilines is 1. The van der Waals surface area contributed by atoms with E-state index in [2.05, 4.69) is 25.3 Å². The van der Waals surface area contributed by atoms with Crippen molar-refractivity contribution < 1.29 is 0 Å². The molecule has 0 spiro atoms. The summed E-state index contributed by atoms with van der Waals surface area (Å²) in [5, 5.41) is 3.14. The van der Waals surface area contributed by atoms with Gasteiger partial charge in [-0.2, -0.15) is 0 Å². The van der Waals surface area contributed by atoms with Crippen molar-refractivity contribution in [3.05, 3.63) is 86.5 Å². The zero-order valence-electron chi connectivity index (χ0n) is 14.4. The van der Waals surface area contributed by atoms with E-state index in [9.17, 15) is 9.59 Å². The van der Waals surface area contributed by atoms with Gasteiger partial charge in [-0.3, -0.25) is 19.6 Å². The predicted molar refractivity (Wildman–Crippen MR) is 100 cm³/mol. The van der Waals surface area contributed by atoms with Crippen LogP contribution in [0.15, 0.2) is 58.5 Å². The number of nitrogens with one attached hydrogen (secondary N) is 3. The van der Waals surface area contributed by atoms with Gasteiger partial charge in [0.25, 0.3) is 5.56 Å². The first-order valence-corrected chi connectivity index (χ1v) is 8.60. The van der Waals surface area contributed by atoms with Crippen LogP contribution in [0.3, 0.4) is 0 Å². The van der Waals surface area contributed by atoms with Gasteiger partial charge in [0.1, 0.15) is 0 Å². The Bertz CT molecular complexity index is 929. The van der Waals surface area contributed by atoms with E-state index in [4.69, 9.17) is 0 Å². The fourth-order valence-corrected chi connectivity index (χ4v) is 2.59. The lowest BCUT2D eigenvalue weighted by atomic mass is 10.1. The van der Waals surface area contributed by atoms with Gasteiger partial charge in [-0.25, -0.2) is 4.98 Å². The lowest BCUT2D eigenvalue weighted by Crippen LogP contribution is -2.18. The van der Waals surface area contributed by atoms with Gasteiger partial charge >= 0.3 is 0 Å². The summed E-state index contributed by atoms with van der Waals surface area (Å²) in [5.41, 5.74) is 2.15. The van der Waals surface area contributed by atoms with Crippen LogP contribution in [0.5, 0.6) is 0 Å². The molecule has 3 heterocycles. The summed E-state index contributed by atoms with van der Waals surface area (Å²) in [7, 11) is 0. The van der Waals surface area contributed by atoms with E-state index in [-0.39, 0.29) is 11.1 Å². The van der Waals surface area contributed by atoms with Crippen molar-refractivity contribution in [1.82, 2.24) is 19.9 Å². The molecule has 0 aromatic carbocycles. The van der Waals surface area contributed by atoms with Crippen molar-refractivity contribution in [2.75, 3.05) is 11.9 Å². The van der Waals surface area contributed by atoms with Crippen LogP contribution in [0.25, 0.3) is 0 Å². The third-order valence-corrected chi connectivity index (χ3v) is 3.99. The molecule has 26 heavy (non-hydrogen) atoms. The molecule has 0 fully saturated rings. The predicted octanol–water partition coefficient (Wildman–Crippen LogP) is 1.88. The molecule has 0 saturated carbocycles. The molecule has 3 aromatic heterocycles. The number of aromatic nitrogens is 4. The van der Waals surface area contributed by atoms with Crippen molar-refractivity contribution in [1.29, 1.82) is 0 Å². The molecule has 0 aliphatic carbocycles. The molecule has 0 radical (unpaired) electrons. The number of aromatic amines is 2. The summed E-state index contributed by atoms with van der Waals surface area (Å²) >= 11 is 0. The first-order chi connectivity index (χ1) is 12.7. The van der Waals surface area contributed by atoms with Crippen LogP contribution >= 0.6 is 0 Å². The Balaban J connectivity index is 1.47. The van der Waals surface area contributed by atoms with E-state index in [1.54, 1.807) is 24.7 Å². The largest absolute Gasteiger partial charge is 0.356 e. The van der Waals surface area contributed by atoms with E-state index in [0.29, 0.717) is 17.9 Å². The van der Waals surface area contributed by atoms with Gasteiger partial charge in [0, 0.05) is 48.9 Å². The average molecular weight is 351 g/mol. The number of H-pyrrole nitrogens is 2. The summed E-state index contributed by atoms with van der Waals surface area (Å²) in [5.74, 6) is 0.470. The van der Waals surface area contributed by atoms with Crippen LogP contribution in [-0.4, -0.2) is 26.5 Å². The molecule has 3 aromatic rings. The first kappa shape index (κ1) is 17.6. The molecule has 0 atom stereocenters. The molecule has 0 bridgehead atoms. The van der Waals surface area contributed by atoms with Gasteiger partial charge in [-0.15, -0.1) is 0 Å². The van der Waals surface area contributed by atoms with Gasteiger partial charge in [0.15, 0.2) is 0 Å². The first-order valence-electron chi connectivity index (χ1n) is 8.60. The topological polar surface area (TPSA) is 104 Å². The number of rotatable bonds is 8.